The fraction of sp³-hybridized carbons (Fsp3) is 0.647. The maximum absolute atomic E-state index is 3.46. The Balaban J connectivity index is 1.84. The van der Waals surface area contributed by atoms with Gasteiger partial charge in [0.2, 0.25) is 0 Å². The minimum atomic E-state index is 0.433. The van der Waals surface area contributed by atoms with Crippen LogP contribution in [0.15, 0.2) is 24.3 Å². The number of benzene rings is 1. The summed E-state index contributed by atoms with van der Waals surface area (Å²) in [5, 5.41) is 3.46. The minimum absolute atomic E-state index is 0.433. The Hall–Kier alpha value is -0.860. The molecule has 104 valence electrons. The van der Waals surface area contributed by atoms with E-state index in [1.165, 1.54) is 50.9 Å². The highest BCUT2D eigenvalue weighted by molar-refractivity contribution is 5.34. The lowest BCUT2D eigenvalue weighted by atomic mass is 9.76. The molecule has 0 bridgehead atoms. The van der Waals surface area contributed by atoms with Gasteiger partial charge >= 0.3 is 0 Å². The molecule has 1 aromatic carbocycles. The van der Waals surface area contributed by atoms with Crippen molar-refractivity contribution in [2.24, 2.45) is 0 Å². The van der Waals surface area contributed by atoms with Crippen LogP contribution in [0.2, 0.25) is 0 Å². The summed E-state index contributed by atoms with van der Waals surface area (Å²) in [6, 6.07) is 9.06. The molecule has 1 aliphatic heterocycles. The maximum Gasteiger partial charge on any atom is 0.0108 e. The van der Waals surface area contributed by atoms with Crippen LogP contribution < -0.4 is 5.32 Å². The van der Waals surface area contributed by atoms with Gasteiger partial charge in [0, 0.05) is 38.1 Å². The van der Waals surface area contributed by atoms with Crippen LogP contribution in [0.3, 0.4) is 0 Å². The van der Waals surface area contributed by atoms with Crippen molar-refractivity contribution in [2.75, 3.05) is 32.7 Å². The van der Waals surface area contributed by atoms with Gasteiger partial charge in [-0.2, -0.15) is 0 Å². The Kier molecular flexibility index (Phi) is 3.90. The van der Waals surface area contributed by atoms with Crippen LogP contribution >= 0.6 is 0 Å². The fourth-order valence-electron chi connectivity index (χ4n) is 4.03. The molecule has 19 heavy (non-hydrogen) atoms. The molecule has 1 aromatic rings. The van der Waals surface area contributed by atoms with E-state index in [9.17, 15) is 0 Å². The number of aryl methyl sites for hydroxylation is 1. The van der Waals surface area contributed by atoms with Gasteiger partial charge in [-0.25, -0.2) is 0 Å². The Morgan fingerprint density at radius 1 is 1.11 bits per heavy atom. The third-order valence-corrected chi connectivity index (χ3v) is 5.01. The molecule has 2 aliphatic rings. The number of piperazine rings is 1. The Labute approximate surface area is 117 Å². The lowest BCUT2D eigenvalue weighted by Gasteiger charge is -2.38. The number of hydrogen-bond acceptors (Lipinski definition) is 2. The largest absolute Gasteiger partial charge is 0.314 e. The van der Waals surface area contributed by atoms with Crippen molar-refractivity contribution in [2.45, 2.75) is 38.0 Å². The molecular formula is C17H26N2. The standard InChI is InChI=1S/C17H26N2/c1-15-6-2-3-7-16(15)17(8-4-5-9-17)14-19-12-10-18-11-13-19/h2-3,6-7,18H,4-5,8-14H2,1H3. The molecule has 1 N–H and O–H groups in total. The number of rotatable bonds is 3. The molecule has 1 heterocycles. The third-order valence-electron chi connectivity index (χ3n) is 5.01. The predicted molar refractivity (Wildman–Crippen MR) is 80.6 cm³/mol. The van der Waals surface area contributed by atoms with E-state index in [0.717, 1.165) is 13.1 Å². The molecule has 0 atom stereocenters. The van der Waals surface area contributed by atoms with Gasteiger partial charge in [0.25, 0.3) is 0 Å². The summed E-state index contributed by atoms with van der Waals surface area (Å²) in [5.41, 5.74) is 3.54. The summed E-state index contributed by atoms with van der Waals surface area (Å²) in [4.78, 5) is 2.67. The first-order chi connectivity index (χ1) is 9.30. The van der Waals surface area contributed by atoms with Crippen molar-refractivity contribution in [3.8, 4) is 0 Å². The van der Waals surface area contributed by atoms with Crippen LogP contribution in [0, 0.1) is 6.92 Å². The Morgan fingerprint density at radius 2 is 1.79 bits per heavy atom. The highest BCUT2D eigenvalue weighted by atomic mass is 15.2. The molecule has 1 saturated heterocycles. The first kappa shape index (κ1) is 13.1. The topological polar surface area (TPSA) is 15.3 Å². The molecule has 1 aliphatic carbocycles. The highest BCUT2D eigenvalue weighted by Crippen LogP contribution is 2.43. The van der Waals surface area contributed by atoms with Crippen molar-refractivity contribution >= 4 is 0 Å². The molecule has 0 unspecified atom stereocenters. The molecule has 0 amide bonds. The van der Waals surface area contributed by atoms with Crippen LogP contribution in [0.25, 0.3) is 0 Å². The van der Waals surface area contributed by atoms with E-state index in [4.69, 9.17) is 0 Å². The van der Waals surface area contributed by atoms with Crippen LogP contribution in [0.4, 0.5) is 0 Å². The molecule has 2 nitrogen and oxygen atoms in total. The molecule has 3 rings (SSSR count). The average Bonchev–Trinajstić information content (AvgIpc) is 2.90. The van der Waals surface area contributed by atoms with Crippen molar-refractivity contribution in [1.29, 1.82) is 0 Å². The SMILES string of the molecule is Cc1ccccc1C1(CN2CCNCC2)CCCC1. The number of nitrogens with one attached hydrogen (secondary N) is 1. The van der Waals surface area contributed by atoms with Gasteiger partial charge in [-0.3, -0.25) is 4.90 Å². The van der Waals surface area contributed by atoms with Gasteiger partial charge in [0.15, 0.2) is 0 Å². The van der Waals surface area contributed by atoms with E-state index >= 15 is 0 Å². The van der Waals surface area contributed by atoms with E-state index in [2.05, 4.69) is 41.4 Å². The second-order valence-corrected chi connectivity index (χ2v) is 6.33. The molecular weight excluding hydrogens is 232 g/mol. The second-order valence-electron chi connectivity index (χ2n) is 6.33. The van der Waals surface area contributed by atoms with Gasteiger partial charge in [0.05, 0.1) is 0 Å². The monoisotopic (exact) mass is 258 g/mol. The van der Waals surface area contributed by atoms with E-state index < -0.39 is 0 Å². The highest BCUT2D eigenvalue weighted by Gasteiger charge is 2.38. The normalized spacial score (nSPS) is 23.6. The first-order valence-corrected chi connectivity index (χ1v) is 7.79. The quantitative estimate of drug-likeness (QED) is 0.897. The lowest BCUT2D eigenvalue weighted by Crippen LogP contribution is -2.49. The summed E-state index contributed by atoms with van der Waals surface area (Å²) in [6.07, 6.45) is 5.56. The van der Waals surface area contributed by atoms with Crippen molar-refractivity contribution in [3.05, 3.63) is 35.4 Å². The zero-order valence-corrected chi connectivity index (χ0v) is 12.1. The summed E-state index contributed by atoms with van der Waals surface area (Å²) in [5.74, 6) is 0. The number of nitrogens with zero attached hydrogens (tertiary/aromatic N) is 1. The van der Waals surface area contributed by atoms with Crippen molar-refractivity contribution < 1.29 is 0 Å². The van der Waals surface area contributed by atoms with Crippen molar-refractivity contribution in [3.63, 3.8) is 0 Å². The van der Waals surface area contributed by atoms with Crippen LogP contribution in [-0.2, 0) is 5.41 Å². The molecule has 0 spiro atoms. The summed E-state index contributed by atoms with van der Waals surface area (Å²) >= 11 is 0. The molecule has 2 fully saturated rings. The lowest BCUT2D eigenvalue weighted by molar-refractivity contribution is 0.185. The second kappa shape index (κ2) is 5.64. The third kappa shape index (κ3) is 2.70. The average molecular weight is 258 g/mol. The van der Waals surface area contributed by atoms with Gasteiger partial charge in [-0.05, 0) is 30.9 Å². The fourth-order valence-corrected chi connectivity index (χ4v) is 4.03. The smallest absolute Gasteiger partial charge is 0.0108 e. The Morgan fingerprint density at radius 3 is 2.47 bits per heavy atom. The van der Waals surface area contributed by atoms with Gasteiger partial charge in [-0.1, -0.05) is 37.1 Å². The molecule has 1 saturated carbocycles. The molecule has 0 radical (unpaired) electrons. The van der Waals surface area contributed by atoms with Crippen LogP contribution in [-0.4, -0.2) is 37.6 Å². The van der Waals surface area contributed by atoms with Crippen LogP contribution in [0.1, 0.15) is 36.8 Å². The van der Waals surface area contributed by atoms with E-state index in [0.29, 0.717) is 5.41 Å². The predicted octanol–water partition coefficient (Wildman–Crippen LogP) is 2.71. The zero-order valence-electron chi connectivity index (χ0n) is 12.1. The summed E-state index contributed by atoms with van der Waals surface area (Å²) < 4.78 is 0. The van der Waals surface area contributed by atoms with E-state index in [1.807, 2.05) is 0 Å². The summed E-state index contributed by atoms with van der Waals surface area (Å²) in [7, 11) is 0. The molecule has 2 heteroatoms. The zero-order chi connectivity index (χ0) is 13.1. The first-order valence-electron chi connectivity index (χ1n) is 7.79. The van der Waals surface area contributed by atoms with E-state index in [1.54, 1.807) is 5.56 Å². The molecule has 0 aromatic heterocycles. The van der Waals surface area contributed by atoms with Gasteiger partial charge in [0.1, 0.15) is 0 Å². The van der Waals surface area contributed by atoms with Crippen LogP contribution in [0.5, 0.6) is 0 Å². The maximum atomic E-state index is 3.46. The Bertz CT molecular complexity index is 415. The summed E-state index contributed by atoms with van der Waals surface area (Å²) in [6.45, 7) is 8.29. The van der Waals surface area contributed by atoms with Crippen molar-refractivity contribution in [1.82, 2.24) is 10.2 Å². The number of hydrogen-bond donors (Lipinski definition) is 1. The van der Waals surface area contributed by atoms with E-state index in [-0.39, 0.29) is 0 Å². The minimum Gasteiger partial charge on any atom is -0.314 e. The van der Waals surface area contributed by atoms with Gasteiger partial charge in [-0.15, -0.1) is 0 Å². The van der Waals surface area contributed by atoms with Gasteiger partial charge < -0.3 is 5.32 Å².